The molecule has 3 aromatic carbocycles. The molecule has 1 aromatic heterocycles. The Morgan fingerprint density at radius 3 is 1.94 bits per heavy atom. The predicted octanol–water partition coefficient (Wildman–Crippen LogP) is 5.90. The van der Waals surface area contributed by atoms with Crippen LogP contribution in [0, 0.1) is 0 Å². The average molecular weight is 473 g/mol. The quantitative estimate of drug-likeness (QED) is 0.267. The van der Waals surface area contributed by atoms with Gasteiger partial charge in [-0.25, -0.2) is 14.3 Å². The third-order valence-corrected chi connectivity index (χ3v) is 7.29. The lowest BCUT2D eigenvalue weighted by Crippen LogP contribution is -2.28. The van der Waals surface area contributed by atoms with E-state index < -0.39 is 17.1 Å². The van der Waals surface area contributed by atoms with Gasteiger partial charge in [0.1, 0.15) is 11.1 Å². The number of hydrogen-bond donors (Lipinski definition) is 1. The molecule has 0 spiro atoms. The molecule has 0 saturated carbocycles. The van der Waals surface area contributed by atoms with E-state index in [1.54, 1.807) is 0 Å². The summed E-state index contributed by atoms with van der Waals surface area (Å²) in [5.41, 5.74) is 3.90. The van der Waals surface area contributed by atoms with Crippen molar-refractivity contribution >= 4 is 18.1 Å². The number of hydrogen-bond acceptors (Lipinski definition) is 5. The molecule has 7 heteroatoms. The fourth-order valence-corrected chi connectivity index (χ4v) is 5.49. The highest BCUT2D eigenvalue weighted by molar-refractivity contribution is 7.96. The van der Waals surface area contributed by atoms with Gasteiger partial charge in [-0.1, -0.05) is 91.0 Å². The monoisotopic (exact) mass is 472 g/mol. The van der Waals surface area contributed by atoms with Gasteiger partial charge in [0.25, 0.3) is 0 Å². The maximum atomic E-state index is 11.3. The molecule has 1 unspecified atom stereocenters. The molecule has 0 radical (unpaired) electrons. The van der Waals surface area contributed by atoms with Gasteiger partial charge in [-0.15, -0.1) is 0 Å². The summed E-state index contributed by atoms with van der Waals surface area (Å²) >= 11 is 1.36. The zero-order valence-electron chi connectivity index (χ0n) is 18.4. The highest BCUT2D eigenvalue weighted by Gasteiger charge is 2.41. The summed E-state index contributed by atoms with van der Waals surface area (Å²) < 4.78 is 12.8. The van der Waals surface area contributed by atoms with Crippen LogP contribution in [0.2, 0.25) is 0 Å². The third-order valence-electron chi connectivity index (χ3n) is 6.05. The van der Waals surface area contributed by atoms with E-state index in [-0.39, 0.29) is 5.92 Å². The van der Waals surface area contributed by atoms with Crippen molar-refractivity contribution in [1.82, 2.24) is 9.55 Å². The van der Waals surface area contributed by atoms with Gasteiger partial charge in [-0.2, -0.15) is 0 Å². The van der Waals surface area contributed by atoms with Crippen LogP contribution in [0.25, 0.3) is 0 Å². The first-order valence-electron chi connectivity index (χ1n) is 11.1. The standard InChI is InChI=1S/C27H24N2O4S/c30-26(31)29-18-24(28-19-29)23-16-17-32-25(23)33-34-27(20-10-4-1-5-11-20,21-12-6-2-7-13-21)22-14-8-3-9-15-22/h1-15,18-19,23,25H,16-17H2,(H,30,31)/t23-,25?/m0/s1. The van der Waals surface area contributed by atoms with Crippen molar-refractivity contribution in [3.8, 4) is 0 Å². The summed E-state index contributed by atoms with van der Waals surface area (Å²) in [7, 11) is 0. The van der Waals surface area contributed by atoms with Crippen molar-refractivity contribution in [2.24, 2.45) is 0 Å². The Kier molecular flexibility index (Phi) is 6.49. The number of rotatable bonds is 7. The number of carboxylic acid groups (broad SMARTS) is 1. The van der Waals surface area contributed by atoms with E-state index in [1.807, 2.05) is 54.6 Å². The van der Waals surface area contributed by atoms with E-state index in [1.165, 1.54) is 24.6 Å². The van der Waals surface area contributed by atoms with Crippen molar-refractivity contribution in [2.45, 2.75) is 23.4 Å². The van der Waals surface area contributed by atoms with Crippen molar-refractivity contribution in [2.75, 3.05) is 6.61 Å². The van der Waals surface area contributed by atoms with Crippen LogP contribution in [0.4, 0.5) is 4.79 Å². The molecule has 0 amide bonds. The van der Waals surface area contributed by atoms with Gasteiger partial charge >= 0.3 is 6.09 Å². The fraction of sp³-hybridized carbons (Fsp3) is 0.185. The molecule has 0 aliphatic carbocycles. The first-order valence-corrected chi connectivity index (χ1v) is 11.8. The van der Waals surface area contributed by atoms with Crippen molar-refractivity contribution in [3.63, 3.8) is 0 Å². The second kappa shape index (κ2) is 9.85. The van der Waals surface area contributed by atoms with E-state index in [2.05, 4.69) is 41.4 Å². The SMILES string of the molecule is O=C(O)n1cnc([C@@H]2CCOC2OSC(c2ccccc2)(c2ccccc2)c2ccccc2)c1. The molecule has 0 bridgehead atoms. The molecular formula is C27H24N2O4S. The molecule has 172 valence electrons. The van der Waals surface area contributed by atoms with Crippen LogP contribution < -0.4 is 0 Å². The van der Waals surface area contributed by atoms with Crippen LogP contribution in [0.1, 0.15) is 34.7 Å². The van der Waals surface area contributed by atoms with E-state index in [0.29, 0.717) is 18.7 Å². The lowest BCUT2D eigenvalue weighted by Gasteiger charge is -2.35. The van der Waals surface area contributed by atoms with E-state index >= 15 is 0 Å². The third kappa shape index (κ3) is 4.25. The summed E-state index contributed by atoms with van der Waals surface area (Å²) in [5, 5.41) is 9.25. The molecule has 1 saturated heterocycles. The minimum absolute atomic E-state index is 0.159. The van der Waals surface area contributed by atoms with Crippen molar-refractivity contribution in [3.05, 3.63) is 126 Å². The van der Waals surface area contributed by atoms with Crippen LogP contribution >= 0.6 is 12.0 Å². The van der Waals surface area contributed by atoms with Crippen molar-refractivity contribution < 1.29 is 18.8 Å². The number of imidazole rings is 1. The molecular weight excluding hydrogens is 448 g/mol. The van der Waals surface area contributed by atoms with Crippen LogP contribution in [-0.4, -0.2) is 33.6 Å². The van der Waals surface area contributed by atoms with E-state index in [9.17, 15) is 9.90 Å². The normalized spacial score (nSPS) is 18.1. The fourth-order valence-electron chi connectivity index (χ4n) is 4.36. The molecule has 4 aromatic rings. The van der Waals surface area contributed by atoms with Gasteiger partial charge in [-0.05, 0) is 23.1 Å². The number of carbonyl (C=O) groups is 1. The summed E-state index contributed by atoms with van der Waals surface area (Å²) in [5.74, 6) is -0.159. The van der Waals surface area contributed by atoms with Crippen LogP contribution in [-0.2, 0) is 13.7 Å². The Bertz CT molecular complexity index is 1130. The van der Waals surface area contributed by atoms with E-state index in [0.717, 1.165) is 21.3 Å². The van der Waals surface area contributed by atoms with E-state index in [4.69, 9.17) is 8.92 Å². The lowest BCUT2D eigenvalue weighted by atomic mass is 9.84. The molecule has 1 aliphatic heterocycles. The molecule has 6 nitrogen and oxygen atoms in total. The average Bonchev–Trinajstić information content (AvgIpc) is 3.56. The smallest absolute Gasteiger partial charge is 0.416 e. The zero-order chi connectivity index (χ0) is 23.4. The topological polar surface area (TPSA) is 73.6 Å². The molecule has 1 fully saturated rings. The molecule has 2 heterocycles. The first kappa shape index (κ1) is 22.4. The number of benzene rings is 3. The highest BCUT2D eigenvalue weighted by Crippen LogP contribution is 2.50. The number of aromatic nitrogens is 2. The predicted molar refractivity (Wildman–Crippen MR) is 131 cm³/mol. The second-order valence-corrected chi connectivity index (χ2v) is 9.05. The highest BCUT2D eigenvalue weighted by atomic mass is 32.2. The zero-order valence-corrected chi connectivity index (χ0v) is 19.2. The van der Waals surface area contributed by atoms with Gasteiger partial charge in [0, 0.05) is 18.2 Å². The van der Waals surface area contributed by atoms with Crippen molar-refractivity contribution in [1.29, 1.82) is 0 Å². The summed E-state index contributed by atoms with van der Waals surface area (Å²) in [6.45, 7) is 0.519. The van der Waals surface area contributed by atoms with Gasteiger partial charge in [0.15, 0.2) is 6.29 Å². The molecule has 34 heavy (non-hydrogen) atoms. The Labute approximate surface area is 202 Å². The molecule has 5 rings (SSSR count). The van der Waals surface area contributed by atoms with Gasteiger partial charge in [0.05, 0.1) is 18.2 Å². The Hall–Kier alpha value is -3.39. The molecule has 1 N–H and O–H groups in total. The molecule has 2 atom stereocenters. The van der Waals surface area contributed by atoms with Gasteiger partial charge in [0.2, 0.25) is 0 Å². The maximum absolute atomic E-state index is 11.3. The second-order valence-electron chi connectivity index (χ2n) is 8.08. The molecule has 1 aliphatic rings. The Morgan fingerprint density at radius 1 is 0.941 bits per heavy atom. The maximum Gasteiger partial charge on any atom is 0.416 e. The summed E-state index contributed by atoms with van der Waals surface area (Å²) in [6.07, 6.45) is 1.92. The first-order chi connectivity index (χ1) is 16.7. The summed E-state index contributed by atoms with van der Waals surface area (Å²) in [4.78, 5) is 15.6. The number of nitrogens with zero attached hydrogens (tertiary/aromatic N) is 2. The summed E-state index contributed by atoms with van der Waals surface area (Å²) in [6, 6.07) is 30.9. The van der Waals surface area contributed by atoms with Crippen LogP contribution in [0.5, 0.6) is 0 Å². The van der Waals surface area contributed by atoms with Crippen LogP contribution in [0.3, 0.4) is 0 Å². The number of ether oxygens (including phenoxy) is 1. The van der Waals surface area contributed by atoms with Gasteiger partial charge in [-0.3, -0.25) is 4.18 Å². The minimum Gasteiger partial charge on any atom is -0.464 e. The lowest BCUT2D eigenvalue weighted by molar-refractivity contribution is -0.0361. The van der Waals surface area contributed by atoms with Gasteiger partial charge < -0.3 is 9.84 Å². The van der Waals surface area contributed by atoms with Crippen LogP contribution in [0.15, 0.2) is 104 Å². The minimum atomic E-state index is -1.07. The Morgan fingerprint density at radius 2 is 1.47 bits per heavy atom. The Balaban J connectivity index is 1.53. The largest absolute Gasteiger partial charge is 0.464 e.